The topological polar surface area (TPSA) is 29.5 Å². The van der Waals surface area contributed by atoms with Crippen LogP contribution in [0, 0.1) is 6.92 Å². The maximum absolute atomic E-state index is 12.3. The summed E-state index contributed by atoms with van der Waals surface area (Å²) < 4.78 is 5.62. The van der Waals surface area contributed by atoms with Crippen molar-refractivity contribution >= 4 is 5.91 Å². The van der Waals surface area contributed by atoms with Crippen molar-refractivity contribution in [3.8, 4) is 0 Å². The first-order valence-electron chi connectivity index (χ1n) is 7.34. The Bertz CT molecular complexity index is 455. The Morgan fingerprint density at radius 2 is 1.85 bits per heavy atom. The molecule has 2 rings (SSSR count). The number of amides is 1. The van der Waals surface area contributed by atoms with Crippen LogP contribution in [0.25, 0.3) is 0 Å². The summed E-state index contributed by atoms with van der Waals surface area (Å²) in [4.78, 5) is 14.3. The minimum atomic E-state index is -0.269. The van der Waals surface area contributed by atoms with E-state index < -0.39 is 0 Å². The van der Waals surface area contributed by atoms with Gasteiger partial charge in [0.25, 0.3) is 0 Å². The highest BCUT2D eigenvalue weighted by atomic mass is 16.5. The van der Waals surface area contributed by atoms with E-state index in [-0.39, 0.29) is 18.1 Å². The molecule has 0 heterocycles. The summed E-state index contributed by atoms with van der Waals surface area (Å²) in [5.74, 6) is 0.100. The molecule has 110 valence electrons. The zero-order valence-electron chi connectivity index (χ0n) is 13.0. The third kappa shape index (κ3) is 4.64. The van der Waals surface area contributed by atoms with Gasteiger partial charge in [-0.25, -0.2) is 0 Å². The van der Waals surface area contributed by atoms with Crippen LogP contribution >= 0.6 is 0 Å². The molecule has 0 aromatic heterocycles. The van der Waals surface area contributed by atoms with Gasteiger partial charge in [0.1, 0.15) is 6.61 Å². The van der Waals surface area contributed by atoms with E-state index in [4.69, 9.17) is 4.74 Å². The third-order valence-corrected chi connectivity index (χ3v) is 3.41. The molecule has 1 aliphatic rings. The summed E-state index contributed by atoms with van der Waals surface area (Å²) in [6, 6.07) is 8.80. The maximum atomic E-state index is 12.3. The number of nitrogens with zero attached hydrogens (tertiary/aromatic N) is 1. The zero-order valence-corrected chi connectivity index (χ0v) is 13.0. The largest absolute Gasteiger partial charge is 0.366 e. The number of hydrogen-bond acceptors (Lipinski definition) is 2. The molecule has 20 heavy (non-hydrogen) atoms. The Morgan fingerprint density at radius 3 is 2.35 bits per heavy atom. The van der Waals surface area contributed by atoms with E-state index in [1.807, 2.05) is 25.7 Å². The molecule has 1 fully saturated rings. The normalized spacial score (nSPS) is 15.2. The smallest absolute Gasteiger partial charge is 0.249 e. The average Bonchev–Trinajstić information content (AvgIpc) is 3.18. The molecule has 0 radical (unpaired) electrons. The second-order valence-electron chi connectivity index (χ2n) is 6.64. The van der Waals surface area contributed by atoms with Gasteiger partial charge < -0.3 is 9.64 Å². The highest BCUT2D eigenvalue weighted by molar-refractivity contribution is 5.78. The van der Waals surface area contributed by atoms with Crippen molar-refractivity contribution in [2.75, 3.05) is 6.61 Å². The van der Waals surface area contributed by atoms with Crippen LogP contribution in [0.1, 0.15) is 44.7 Å². The molecule has 0 bridgehead atoms. The number of ether oxygens (including phenoxy) is 1. The molecule has 0 spiro atoms. The molecule has 3 heteroatoms. The molecule has 1 aromatic rings. The molecule has 1 saturated carbocycles. The van der Waals surface area contributed by atoms with Gasteiger partial charge in [0, 0.05) is 12.6 Å². The molecular weight excluding hydrogens is 250 g/mol. The summed E-state index contributed by atoms with van der Waals surface area (Å²) in [6.45, 7) is 8.86. The van der Waals surface area contributed by atoms with Crippen molar-refractivity contribution in [2.45, 2.75) is 58.7 Å². The fourth-order valence-corrected chi connectivity index (χ4v) is 2.06. The molecular formula is C17H25NO2. The molecule has 3 nitrogen and oxygen atoms in total. The van der Waals surface area contributed by atoms with Gasteiger partial charge in [0.05, 0.1) is 5.60 Å². The van der Waals surface area contributed by atoms with Gasteiger partial charge in [0.2, 0.25) is 5.91 Å². The lowest BCUT2D eigenvalue weighted by Gasteiger charge is -2.25. The van der Waals surface area contributed by atoms with Crippen LogP contribution < -0.4 is 0 Å². The quantitative estimate of drug-likeness (QED) is 0.825. The monoisotopic (exact) mass is 275 g/mol. The van der Waals surface area contributed by atoms with E-state index in [1.165, 1.54) is 11.1 Å². The minimum Gasteiger partial charge on any atom is -0.366 e. The van der Waals surface area contributed by atoms with Gasteiger partial charge in [-0.05, 0) is 46.1 Å². The number of benzene rings is 1. The second-order valence-corrected chi connectivity index (χ2v) is 6.64. The van der Waals surface area contributed by atoms with E-state index >= 15 is 0 Å². The molecule has 1 aliphatic carbocycles. The van der Waals surface area contributed by atoms with Crippen LogP contribution in [0.2, 0.25) is 0 Å². The summed E-state index contributed by atoms with van der Waals surface area (Å²) in [7, 11) is 0. The highest BCUT2D eigenvalue weighted by Crippen LogP contribution is 2.28. The van der Waals surface area contributed by atoms with Crippen LogP contribution in [0.5, 0.6) is 0 Å². The van der Waals surface area contributed by atoms with Gasteiger partial charge in [0.15, 0.2) is 0 Å². The van der Waals surface area contributed by atoms with Gasteiger partial charge in [-0.15, -0.1) is 0 Å². The Balaban J connectivity index is 1.96. The van der Waals surface area contributed by atoms with Crippen LogP contribution in [-0.4, -0.2) is 29.1 Å². The van der Waals surface area contributed by atoms with Crippen molar-refractivity contribution in [2.24, 2.45) is 0 Å². The van der Waals surface area contributed by atoms with Crippen molar-refractivity contribution in [1.82, 2.24) is 4.90 Å². The lowest BCUT2D eigenvalue weighted by Crippen LogP contribution is -2.37. The number of carbonyl (C=O) groups excluding carboxylic acids is 1. The lowest BCUT2D eigenvalue weighted by molar-refractivity contribution is -0.142. The van der Waals surface area contributed by atoms with Gasteiger partial charge in [-0.3, -0.25) is 4.79 Å². The number of carbonyl (C=O) groups is 1. The Morgan fingerprint density at radius 1 is 1.25 bits per heavy atom. The van der Waals surface area contributed by atoms with Crippen LogP contribution in [0.15, 0.2) is 24.3 Å². The third-order valence-electron chi connectivity index (χ3n) is 3.41. The van der Waals surface area contributed by atoms with E-state index in [0.29, 0.717) is 12.6 Å². The fourth-order valence-electron chi connectivity index (χ4n) is 2.06. The molecule has 0 atom stereocenters. The van der Waals surface area contributed by atoms with E-state index in [2.05, 4.69) is 31.2 Å². The van der Waals surface area contributed by atoms with E-state index in [0.717, 1.165) is 12.8 Å². The SMILES string of the molecule is Cc1ccc(CN(C(=O)COC(C)(C)C)C2CC2)cc1. The lowest BCUT2D eigenvalue weighted by atomic mass is 10.1. The molecule has 0 saturated heterocycles. The number of hydrogen-bond donors (Lipinski definition) is 0. The second kappa shape index (κ2) is 5.96. The fraction of sp³-hybridized carbons (Fsp3) is 0.588. The summed E-state index contributed by atoms with van der Waals surface area (Å²) in [5, 5.41) is 0. The standard InChI is InChI=1S/C17H25NO2/c1-13-5-7-14(8-6-13)11-18(15-9-10-15)16(19)12-20-17(2,3)4/h5-8,15H,9-12H2,1-4H3. The van der Waals surface area contributed by atoms with Crippen LogP contribution in [-0.2, 0) is 16.1 Å². The number of aryl methyl sites for hydroxylation is 1. The predicted octanol–water partition coefficient (Wildman–Crippen LogP) is 3.30. The van der Waals surface area contributed by atoms with Gasteiger partial charge >= 0.3 is 0 Å². The first-order valence-corrected chi connectivity index (χ1v) is 7.34. The van der Waals surface area contributed by atoms with E-state index in [9.17, 15) is 4.79 Å². The molecule has 1 aromatic carbocycles. The molecule has 0 aliphatic heterocycles. The summed E-state index contributed by atoms with van der Waals surface area (Å²) in [5.41, 5.74) is 2.16. The Labute approximate surface area is 121 Å². The number of rotatable bonds is 5. The molecule has 1 amide bonds. The van der Waals surface area contributed by atoms with Crippen molar-refractivity contribution in [3.63, 3.8) is 0 Å². The maximum Gasteiger partial charge on any atom is 0.249 e. The van der Waals surface area contributed by atoms with Crippen LogP contribution in [0.3, 0.4) is 0 Å². The van der Waals surface area contributed by atoms with Gasteiger partial charge in [-0.1, -0.05) is 29.8 Å². The molecule has 0 N–H and O–H groups in total. The Kier molecular flexibility index (Phi) is 4.48. The highest BCUT2D eigenvalue weighted by Gasteiger charge is 2.32. The average molecular weight is 275 g/mol. The van der Waals surface area contributed by atoms with E-state index in [1.54, 1.807) is 0 Å². The summed E-state index contributed by atoms with van der Waals surface area (Å²) >= 11 is 0. The summed E-state index contributed by atoms with van der Waals surface area (Å²) in [6.07, 6.45) is 2.24. The van der Waals surface area contributed by atoms with Gasteiger partial charge in [-0.2, -0.15) is 0 Å². The van der Waals surface area contributed by atoms with Crippen molar-refractivity contribution in [1.29, 1.82) is 0 Å². The van der Waals surface area contributed by atoms with Crippen LogP contribution in [0.4, 0.5) is 0 Å². The predicted molar refractivity (Wildman–Crippen MR) is 80.5 cm³/mol. The Hall–Kier alpha value is -1.35. The first-order chi connectivity index (χ1) is 9.35. The first kappa shape index (κ1) is 15.0. The van der Waals surface area contributed by atoms with Crippen molar-refractivity contribution in [3.05, 3.63) is 35.4 Å². The minimum absolute atomic E-state index is 0.100. The van der Waals surface area contributed by atoms with Crippen molar-refractivity contribution < 1.29 is 9.53 Å². The molecule has 0 unspecified atom stereocenters. The zero-order chi connectivity index (χ0) is 14.8.